The fraction of sp³-hybridized carbons (Fsp3) is 0.500. The third-order valence-corrected chi connectivity index (χ3v) is 4.56. The molecule has 21 heavy (non-hydrogen) atoms. The molecule has 112 valence electrons. The Bertz CT molecular complexity index is 554. The number of hydrogen-bond acceptors (Lipinski definition) is 2. The van der Waals surface area contributed by atoms with Crippen LogP contribution in [0.25, 0.3) is 0 Å². The number of carboxylic acids is 1. The Hall–Kier alpha value is -2.04. The van der Waals surface area contributed by atoms with E-state index in [1.54, 1.807) is 11.0 Å². The number of hydrogen-bond donors (Lipinski definition) is 2. The number of benzene rings is 1. The maximum absolute atomic E-state index is 12.3. The lowest BCUT2D eigenvalue weighted by Crippen LogP contribution is -2.40. The van der Waals surface area contributed by atoms with Gasteiger partial charge >= 0.3 is 12.0 Å². The lowest BCUT2D eigenvalue weighted by atomic mass is 9.83. The van der Waals surface area contributed by atoms with Crippen molar-refractivity contribution in [3.63, 3.8) is 0 Å². The van der Waals surface area contributed by atoms with Gasteiger partial charge in [0.15, 0.2) is 0 Å². The SMILES string of the molecule is O=C(O)C1CN(C(=O)NCCC2CCC2)c2ccccc21. The number of nitrogens with zero attached hydrogens (tertiary/aromatic N) is 1. The van der Waals surface area contributed by atoms with Crippen molar-refractivity contribution in [2.75, 3.05) is 18.0 Å². The molecule has 0 spiro atoms. The number of fused-ring (bicyclic) bond motifs is 1. The van der Waals surface area contributed by atoms with Gasteiger partial charge in [-0.05, 0) is 24.0 Å². The minimum absolute atomic E-state index is 0.189. The van der Waals surface area contributed by atoms with Crippen molar-refractivity contribution in [2.45, 2.75) is 31.6 Å². The standard InChI is InChI=1S/C16H20N2O3/c19-15(20)13-10-18(14-7-2-1-6-12(13)14)16(21)17-9-8-11-4-3-5-11/h1-2,6-7,11,13H,3-5,8-10H2,(H,17,21)(H,19,20). The van der Waals surface area contributed by atoms with Crippen LogP contribution in [0.1, 0.15) is 37.2 Å². The number of amides is 2. The van der Waals surface area contributed by atoms with Crippen LogP contribution in [0.15, 0.2) is 24.3 Å². The quantitative estimate of drug-likeness (QED) is 0.894. The highest BCUT2D eigenvalue weighted by molar-refractivity contribution is 5.98. The Kier molecular flexibility index (Phi) is 3.82. The third-order valence-electron chi connectivity index (χ3n) is 4.56. The number of para-hydroxylation sites is 1. The molecule has 1 atom stereocenters. The fourth-order valence-corrected chi connectivity index (χ4v) is 3.07. The molecule has 1 aliphatic heterocycles. The number of carboxylic acid groups (broad SMARTS) is 1. The number of urea groups is 1. The molecular formula is C16H20N2O3. The Labute approximate surface area is 123 Å². The van der Waals surface area contributed by atoms with E-state index in [1.807, 2.05) is 18.2 Å². The summed E-state index contributed by atoms with van der Waals surface area (Å²) >= 11 is 0. The normalized spacial score (nSPS) is 20.8. The molecule has 2 amide bonds. The summed E-state index contributed by atoms with van der Waals surface area (Å²) in [6.45, 7) is 0.879. The molecule has 1 heterocycles. The molecule has 2 N–H and O–H groups in total. The molecule has 0 radical (unpaired) electrons. The van der Waals surface area contributed by atoms with Crippen LogP contribution in [0, 0.1) is 5.92 Å². The first-order valence-electron chi connectivity index (χ1n) is 7.54. The van der Waals surface area contributed by atoms with Crippen LogP contribution in [0.4, 0.5) is 10.5 Å². The van der Waals surface area contributed by atoms with Gasteiger partial charge in [-0.3, -0.25) is 9.69 Å². The van der Waals surface area contributed by atoms with Crippen molar-refractivity contribution < 1.29 is 14.7 Å². The largest absolute Gasteiger partial charge is 0.481 e. The van der Waals surface area contributed by atoms with Crippen molar-refractivity contribution in [3.05, 3.63) is 29.8 Å². The Balaban J connectivity index is 1.64. The molecular weight excluding hydrogens is 268 g/mol. The molecule has 1 aliphatic carbocycles. The number of carbonyl (C=O) groups is 2. The fourth-order valence-electron chi connectivity index (χ4n) is 3.07. The van der Waals surface area contributed by atoms with Gasteiger partial charge in [-0.15, -0.1) is 0 Å². The molecule has 1 aromatic rings. The smallest absolute Gasteiger partial charge is 0.321 e. The number of rotatable bonds is 4. The maximum atomic E-state index is 12.3. The number of carbonyl (C=O) groups excluding carboxylic acids is 1. The highest BCUT2D eigenvalue weighted by Gasteiger charge is 2.36. The van der Waals surface area contributed by atoms with Gasteiger partial charge in [-0.25, -0.2) is 4.79 Å². The Morgan fingerprint density at radius 2 is 2.05 bits per heavy atom. The molecule has 0 bridgehead atoms. The summed E-state index contributed by atoms with van der Waals surface area (Å²) in [4.78, 5) is 25.2. The highest BCUT2D eigenvalue weighted by Crippen LogP contribution is 2.36. The van der Waals surface area contributed by atoms with E-state index in [9.17, 15) is 14.7 Å². The van der Waals surface area contributed by atoms with E-state index in [2.05, 4.69) is 5.32 Å². The average molecular weight is 288 g/mol. The summed E-state index contributed by atoms with van der Waals surface area (Å²) in [5, 5.41) is 12.2. The molecule has 5 heteroatoms. The topological polar surface area (TPSA) is 69.6 Å². The van der Waals surface area contributed by atoms with Gasteiger partial charge in [0.2, 0.25) is 0 Å². The average Bonchev–Trinajstić information content (AvgIpc) is 2.81. The van der Waals surface area contributed by atoms with Gasteiger partial charge in [0, 0.05) is 18.8 Å². The number of nitrogens with one attached hydrogen (secondary N) is 1. The molecule has 5 nitrogen and oxygen atoms in total. The van der Waals surface area contributed by atoms with Gasteiger partial charge in [-0.2, -0.15) is 0 Å². The van der Waals surface area contributed by atoms with Crippen molar-refractivity contribution in [2.24, 2.45) is 5.92 Å². The van der Waals surface area contributed by atoms with E-state index in [-0.39, 0.29) is 12.6 Å². The van der Waals surface area contributed by atoms with Crippen LogP contribution >= 0.6 is 0 Å². The van der Waals surface area contributed by atoms with E-state index in [1.165, 1.54) is 19.3 Å². The van der Waals surface area contributed by atoms with Crippen LogP contribution in [0.3, 0.4) is 0 Å². The number of anilines is 1. The summed E-state index contributed by atoms with van der Waals surface area (Å²) in [5.41, 5.74) is 1.44. The van der Waals surface area contributed by atoms with Gasteiger partial charge < -0.3 is 10.4 Å². The van der Waals surface area contributed by atoms with Crippen molar-refractivity contribution in [1.82, 2.24) is 5.32 Å². The number of aliphatic carboxylic acids is 1. The van der Waals surface area contributed by atoms with Crippen LogP contribution in [-0.4, -0.2) is 30.2 Å². The predicted molar refractivity (Wildman–Crippen MR) is 79.5 cm³/mol. The minimum Gasteiger partial charge on any atom is -0.481 e. The first-order chi connectivity index (χ1) is 10.2. The molecule has 0 aromatic heterocycles. The second-order valence-corrected chi connectivity index (χ2v) is 5.88. The lowest BCUT2D eigenvalue weighted by molar-refractivity contribution is -0.138. The molecule has 0 saturated heterocycles. The molecule has 3 rings (SSSR count). The monoisotopic (exact) mass is 288 g/mol. The zero-order valence-corrected chi connectivity index (χ0v) is 11.9. The first-order valence-corrected chi connectivity index (χ1v) is 7.54. The van der Waals surface area contributed by atoms with Crippen LogP contribution in [0.2, 0.25) is 0 Å². The van der Waals surface area contributed by atoms with Crippen LogP contribution < -0.4 is 10.2 Å². The van der Waals surface area contributed by atoms with E-state index in [0.29, 0.717) is 12.2 Å². The zero-order valence-electron chi connectivity index (χ0n) is 11.9. The van der Waals surface area contributed by atoms with Gasteiger partial charge in [-0.1, -0.05) is 37.5 Å². The van der Waals surface area contributed by atoms with Crippen molar-refractivity contribution in [3.8, 4) is 0 Å². The van der Waals surface area contributed by atoms with Gasteiger partial charge in [0.25, 0.3) is 0 Å². The Morgan fingerprint density at radius 3 is 2.71 bits per heavy atom. The van der Waals surface area contributed by atoms with E-state index >= 15 is 0 Å². The zero-order chi connectivity index (χ0) is 14.8. The molecule has 1 aromatic carbocycles. The first kappa shape index (κ1) is 13.9. The molecule has 2 aliphatic rings. The van der Waals surface area contributed by atoms with E-state index < -0.39 is 11.9 Å². The molecule has 1 saturated carbocycles. The highest BCUT2D eigenvalue weighted by atomic mass is 16.4. The molecule has 1 unspecified atom stereocenters. The van der Waals surface area contributed by atoms with Crippen molar-refractivity contribution in [1.29, 1.82) is 0 Å². The minimum atomic E-state index is -0.882. The summed E-state index contributed by atoms with van der Waals surface area (Å²) < 4.78 is 0. The summed E-state index contributed by atoms with van der Waals surface area (Å²) in [6, 6.07) is 7.05. The van der Waals surface area contributed by atoms with E-state index in [0.717, 1.165) is 17.9 Å². The summed E-state index contributed by atoms with van der Waals surface area (Å²) in [6.07, 6.45) is 4.86. The van der Waals surface area contributed by atoms with E-state index in [4.69, 9.17) is 0 Å². The van der Waals surface area contributed by atoms with Crippen LogP contribution in [-0.2, 0) is 4.79 Å². The summed E-state index contributed by atoms with van der Waals surface area (Å²) in [7, 11) is 0. The van der Waals surface area contributed by atoms with Gasteiger partial charge in [0.1, 0.15) is 5.92 Å². The maximum Gasteiger partial charge on any atom is 0.321 e. The third kappa shape index (κ3) is 2.73. The lowest BCUT2D eigenvalue weighted by Gasteiger charge is -2.26. The second kappa shape index (κ2) is 5.76. The Morgan fingerprint density at radius 1 is 1.29 bits per heavy atom. The van der Waals surface area contributed by atoms with Crippen LogP contribution in [0.5, 0.6) is 0 Å². The van der Waals surface area contributed by atoms with Crippen molar-refractivity contribution >= 4 is 17.7 Å². The van der Waals surface area contributed by atoms with Gasteiger partial charge in [0.05, 0.1) is 0 Å². The predicted octanol–water partition coefficient (Wildman–Crippen LogP) is 2.57. The molecule has 1 fully saturated rings. The summed E-state index contributed by atoms with van der Waals surface area (Å²) in [5.74, 6) is -0.756. The second-order valence-electron chi connectivity index (χ2n) is 5.88.